The van der Waals surface area contributed by atoms with Crippen LogP contribution in [0.3, 0.4) is 0 Å². The molecule has 0 bridgehead atoms. The Hall–Kier alpha value is -6.28. The molecule has 62 heavy (non-hydrogen) atoms. The Bertz CT molecular complexity index is 2040. The maximum Gasteiger partial charge on any atom is 0.335 e. The first-order valence-electron chi connectivity index (χ1n) is 18.6. The molecule has 4 aromatic rings. The number of aromatic carboxylic acids is 2. The third-order valence-electron chi connectivity index (χ3n) is 8.68. The number of aliphatic hydroxyl groups excluding tert-OH is 2. The van der Waals surface area contributed by atoms with Crippen molar-refractivity contribution in [3.05, 3.63) is 154 Å². The predicted molar refractivity (Wildman–Crippen MR) is 230 cm³/mol. The predicted octanol–water partition coefficient (Wildman–Crippen LogP) is 5.39. The number of carboxylic acids is 6. The van der Waals surface area contributed by atoms with Gasteiger partial charge < -0.3 is 40.9 Å². The third kappa shape index (κ3) is 18.5. The molecule has 0 atom stereocenters. The molecular weight excluding hydrogens is 845 g/mol. The molecule has 2 aliphatic heterocycles. The van der Waals surface area contributed by atoms with Crippen molar-refractivity contribution < 1.29 is 69.6 Å². The average molecular weight is 891 g/mol. The lowest BCUT2D eigenvalue weighted by Gasteiger charge is -2.20. The summed E-state index contributed by atoms with van der Waals surface area (Å²) in [5.41, 5.74) is 7.25. The molecule has 0 fully saturated rings. The number of rotatable bonds is 12. The highest BCUT2D eigenvalue weighted by atomic mass is 32.2. The van der Waals surface area contributed by atoms with Crippen molar-refractivity contribution >= 4 is 59.3 Å². The molecule has 2 aliphatic rings. The number of hydrogen-bond donors (Lipinski definition) is 8. The van der Waals surface area contributed by atoms with Gasteiger partial charge in [-0.15, -0.1) is 23.5 Å². The Morgan fingerprint density at radius 2 is 0.774 bits per heavy atom. The molecule has 16 nitrogen and oxygen atoms in total. The molecule has 0 aromatic heterocycles. The highest BCUT2D eigenvalue weighted by Crippen LogP contribution is 2.30. The summed E-state index contributed by atoms with van der Waals surface area (Å²) in [6.07, 6.45) is 2.23. The van der Waals surface area contributed by atoms with Crippen molar-refractivity contribution in [2.45, 2.75) is 49.2 Å². The second kappa shape index (κ2) is 26.1. The van der Waals surface area contributed by atoms with Crippen molar-refractivity contribution in [1.29, 1.82) is 0 Å². The van der Waals surface area contributed by atoms with Crippen LogP contribution in [0, 0.1) is 0 Å². The number of nitrogens with zero attached hydrogens (tertiary/aromatic N) is 2. The summed E-state index contributed by atoms with van der Waals surface area (Å²) in [7, 11) is 0. The van der Waals surface area contributed by atoms with Crippen molar-refractivity contribution in [3.63, 3.8) is 0 Å². The molecule has 6 rings (SSSR count). The first kappa shape index (κ1) is 50.1. The standard InChI is InChI=1S/2C18H19NO3S.2C4H4O4/c2*20-12-14-3-6-17-16(9-14)11-19(7-8-23-17)10-13-1-4-15(5-2-13)18(21)22;2*5-3(6)1-2-4(7)8/h2*1-6,9,20H,7-8,10-12H2,(H,21,22);2*1-2H,(H,5,6)(H,7,8)/b;;2*2-1+. The van der Waals surface area contributed by atoms with Gasteiger partial charge in [-0.2, -0.15) is 0 Å². The normalized spacial score (nSPS) is 13.6. The number of fused-ring (bicyclic) bond motifs is 2. The monoisotopic (exact) mass is 890 g/mol. The Kier molecular flexibility index (Phi) is 21.1. The van der Waals surface area contributed by atoms with E-state index < -0.39 is 35.8 Å². The van der Waals surface area contributed by atoms with Gasteiger partial charge in [0, 0.05) is 84.9 Å². The molecule has 328 valence electrons. The van der Waals surface area contributed by atoms with E-state index >= 15 is 0 Å². The highest BCUT2D eigenvalue weighted by molar-refractivity contribution is 7.99. The van der Waals surface area contributed by atoms with E-state index in [4.69, 9.17) is 30.6 Å². The SMILES string of the molecule is O=C(O)/C=C/C(=O)O.O=C(O)/C=C/C(=O)O.O=C(O)c1ccc(CN2CCSc3ccc(CO)cc3C2)cc1.O=C(O)c1ccc(CN2CCSc3ccc(CO)cc3C2)cc1. The van der Waals surface area contributed by atoms with E-state index in [1.807, 2.05) is 59.9 Å². The van der Waals surface area contributed by atoms with Crippen molar-refractivity contribution in [2.75, 3.05) is 24.6 Å². The van der Waals surface area contributed by atoms with Crippen LogP contribution in [0.15, 0.2) is 119 Å². The van der Waals surface area contributed by atoms with Gasteiger partial charge in [-0.25, -0.2) is 28.8 Å². The lowest BCUT2D eigenvalue weighted by Crippen LogP contribution is -2.24. The van der Waals surface area contributed by atoms with Gasteiger partial charge in [-0.1, -0.05) is 48.5 Å². The van der Waals surface area contributed by atoms with E-state index in [0.29, 0.717) is 35.4 Å². The van der Waals surface area contributed by atoms with Gasteiger partial charge in [0.1, 0.15) is 0 Å². The summed E-state index contributed by atoms with van der Waals surface area (Å²) in [5.74, 6) is -4.77. The molecule has 0 aliphatic carbocycles. The summed E-state index contributed by atoms with van der Waals surface area (Å²) >= 11 is 3.70. The zero-order valence-corrected chi connectivity index (χ0v) is 34.8. The van der Waals surface area contributed by atoms with Crippen LogP contribution in [0.25, 0.3) is 0 Å². The largest absolute Gasteiger partial charge is 0.478 e. The molecule has 0 spiro atoms. The first-order chi connectivity index (χ1) is 29.6. The smallest absolute Gasteiger partial charge is 0.335 e. The minimum absolute atomic E-state index is 0.0641. The summed E-state index contributed by atoms with van der Waals surface area (Å²) in [6, 6.07) is 26.4. The van der Waals surface area contributed by atoms with Crippen LogP contribution in [0.2, 0.25) is 0 Å². The number of benzene rings is 4. The second-order valence-electron chi connectivity index (χ2n) is 13.3. The van der Waals surface area contributed by atoms with Crippen molar-refractivity contribution in [1.82, 2.24) is 9.80 Å². The zero-order valence-electron chi connectivity index (χ0n) is 33.2. The maximum absolute atomic E-state index is 10.9. The summed E-state index contributed by atoms with van der Waals surface area (Å²) < 4.78 is 0. The van der Waals surface area contributed by atoms with E-state index in [9.17, 15) is 39.0 Å². The Morgan fingerprint density at radius 3 is 1.05 bits per heavy atom. The number of hydrogen-bond acceptors (Lipinski definition) is 12. The third-order valence-corrected chi connectivity index (χ3v) is 10.9. The lowest BCUT2D eigenvalue weighted by atomic mass is 10.1. The maximum atomic E-state index is 10.9. The number of carbonyl (C=O) groups is 6. The minimum atomic E-state index is -1.26. The fraction of sp³-hybridized carbons (Fsp3) is 0.227. The van der Waals surface area contributed by atoms with Gasteiger partial charge in [0.25, 0.3) is 0 Å². The van der Waals surface area contributed by atoms with E-state index in [0.717, 1.165) is 73.0 Å². The Labute approximate surface area is 365 Å². The Morgan fingerprint density at radius 1 is 0.468 bits per heavy atom. The fourth-order valence-electron chi connectivity index (χ4n) is 5.78. The number of aliphatic carboxylic acids is 4. The number of carboxylic acid groups (broad SMARTS) is 6. The van der Waals surface area contributed by atoms with E-state index in [2.05, 4.69) is 34.1 Å². The lowest BCUT2D eigenvalue weighted by molar-refractivity contribution is -0.134. The van der Waals surface area contributed by atoms with Gasteiger partial charge in [0.2, 0.25) is 0 Å². The molecule has 0 saturated heterocycles. The second-order valence-corrected chi connectivity index (χ2v) is 15.6. The quantitative estimate of drug-likeness (QED) is 0.0828. The van der Waals surface area contributed by atoms with Crippen LogP contribution < -0.4 is 0 Å². The van der Waals surface area contributed by atoms with Gasteiger partial charge in [-0.05, 0) is 69.8 Å². The van der Waals surface area contributed by atoms with Crippen LogP contribution >= 0.6 is 23.5 Å². The van der Waals surface area contributed by atoms with E-state index in [1.165, 1.54) is 20.9 Å². The average Bonchev–Trinajstić information content (AvgIpc) is 3.57. The molecule has 18 heteroatoms. The van der Waals surface area contributed by atoms with Gasteiger partial charge in [0.05, 0.1) is 24.3 Å². The molecular formula is C44H46N2O14S2. The summed E-state index contributed by atoms with van der Waals surface area (Å²) in [4.78, 5) is 67.3. The molecule has 2 heterocycles. The van der Waals surface area contributed by atoms with Crippen LogP contribution in [-0.2, 0) is 58.6 Å². The van der Waals surface area contributed by atoms with Crippen LogP contribution in [0.5, 0.6) is 0 Å². The topological polar surface area (TPSA) is 271 Å². The number of aliphatic hydroxyl groups is 2. The van der Waals surface area contributed by atoms with Crippen molar-refractivity contribution in [3.8, 4) is 0 Å². The highest BCUT2D eigenvalue weighted by Gasteiger charge is 2.17. The van der Waals surface area contributed by atoms with Gasteiger partial charge >= 0.3 is 35.8 Å². The first-order valence-corrected chi connectivity index (χ1v) is 20.6. The molecule has 0 amide bonds. The summed E-state index contributed by atoms with van der Waals surface area (Å²) in [6.45, 7) is 5.37. The molecule has 0 saturated carbocycles. The molecule has 4 aromatic carbocycles. The summed E-state index contributed by atoms with van der Waals surface area (Å²) in [5, 5.41) is 67.8. The van der Waals surface area contributed by atoms with Crippen molar-refractivity contribution in [2.24, 2.45) is 0 Å². The molecule has 8 N–H and O–H groups in total. The molecule has 0 radical (unpaired) electrons. The van der Waals surface area contributed by atoms with Crippen LogP contribution in [0.1, 0.15) is 54.1 Å². The minimum Gasteiger partial charge on any atom is -0.478 e. The van der Waals surface area contributed by atoms with Gasteiger partial charge in [0.15, 0.2) is 0 Å². The van der Waals surface area contributed by atoms with Gasteiger partial charge in [-0.3, -0.25) is 9.80 Å². The number of thioether (sulfide) groups is 2. The Balaban J connectivity index is 0.000000247. The van der Waals surface area contributed by atoms with E-state index in [-0.39, 0.29) is 13.2 Å². The van der Waals surface area contributed by atoms with Crippen LogP contribution in [-0.4, -0.2) is 111 Å². The zero-order chi connectivity index (χ0) is 45.6. The van der Waals surface area contributed by atoms with E-state index in [1.54, 1.807) is 24.3 Å². The van der Waals surface area contributed by atoms with Crippen LogP contribution in [0.4, 0.5) is 0 Å². The fourth-order valence-corrected chi connectivity index (χ4v) is 7.86. The molecule has 0 unspecified atom stereocenters.